The van der Waals surface area contributed by atoms with Crippen LogP contribution in [-0.2, 0) is 4.79 Å². The Balaban J connectivity index is 2.47. The molecule has 0 saturated carbocycles. The quantitative estimate of drug-likeness (QED) is 0.824. The Morgan fingerprint density at radius 1 is 1.16 bits per heavy atom. The minimum absolute atomic E-state index is 0.0175. The maximum Gasteiger partial charge on any atom is 0.251 e. The molecule has 0 aromatic heterocycles. The van der Waals surface area contributed by atoms with Crippen LogP contribution >= 0.6 is 0 Å². The number of carbonyl (C=O) groups excluding carboxylic acids is 2. The number of carbonyl (C=O) groups is 2. The zero-order chi connectivity index (χ0) is 14.3. The molecular formula is C15H22N2O2. The van der Waals surface area contributed by atoms with Crippen LogP contribution in [-0.4, -0.2) is 24.4 Å². The van der Waals surface area contributed by atoms with Crippen molar-refractivity contribution < 1.29 is 9.59 Å². The van der Waals surface area contributed by atoms with Crippen LogP contribution in [0.4, 0.5) is 0 Å². The number of hydrogen-bond acceptors (Lipinski definition) is 2. The summed E-state index contributed by atoms with van der Waals surface area (Å²) in [4.78, 5) is 23.6. The van der Waals surface area contributed by atoms with Crippen molar-refractivity contribution >= 4 is 11.8 Å². The van der Waals surface area contributed by atoms with Gasteiger partial charge in [-0.2, -0.15) is 0 Å². The first-order valence-electron chi connectivity index (χ1n) is 6.71. The van der Waals surface area contributed by atoms with Gasteiger partial charge >= 0.3 is 0 Å². The number of amides is 2. The highest BCUT2D eigenvalue weighted by Crippen LogP contribution is 2.06. The zero-order valence-electron chi connectivity index (χ0n) is 11.8. The van der Waals surface area contributed by atoms with Crippen LogP contribution in [0.3, 0.4) is 0 Å². The van der Waals surface area contributed by atoms with E-state index in [0.29, 0.717) is 5.56 Å². The molecule has 0 unspecified atom stereocenters. The van der Waals surface area contributed by atoms with Gasteiger partial charge in [-0.15, -0.1) is 0 Å². The van der Waals surface area contributed by atoms with Crippen molar-refractivity contribution in [3.63, 3.8) is 0 Å². The van der Waals surface area contributed by atoms with Gasteiger partial charge in [-0.3, -0.25) is 9.59 Å². The van der Waals surface area contributed by atoms with Crippen molar-refractivity contribution in [3.8, 4) is 0 Å². The average molecular weight is 262 g/mol. The number of rotatable bonds is 6. The molecule has 1 aromatic rings. The van der Waals surface area contributed by atoms with Gasteiger partial charge in [0.1, 0.15) is 0 Å². The maximum absolute atomic E-state index is 11.9. The maximum atomic E-state index is 11.9. The summed E-state index contributed by atoms with van der Waals surface area (Å²) in [6, 6.07) is 7.50. The first kappa shape index (κ1) is 15.2. The van der Waals surface area contributed by atoms with Gasteiger partial charge in [0.2, 0.25) is 5.91 Å². The number of aryl methyl sites for hydroxylation is 1. The lowest BCUT2D eigenvalue weighted by Gasteiger charge is -2.15. The monoisotopic (exact) mass is 262 g/mol. The van der Waals surface area contributed by atoms with E-state index in [0.717, 1.165) is 18.4 Å². The summed E-state index contributed by atoms with van der Waals surface area (Å²) < 4.78 is 0. The molecule has 0 fully saturated rings. The van der Waals surface area contributed by atoms with Crippen molar-refractivity contribution in [2.45, 2.75) is 39.7 Å². The Morgan fingerprint density at radius 3 is 2.37 bits per heavy atom. The fourth-order valence-corrected chi connectivity index (χ4v) is 1.85. The van der Waals surface area contributed by atoms with Gasteiger partial charge in [-0.1, -0.05) is 32.0 Å². The second-order valence-corrected chi connectivity index (χ2v) is 4.58. The van der Waals surface area contributed by atoms with Gasteiger partial charge < -0.3 is 10.6 Å². The summed E-state index contributed by atoms with van der Waals surface area (Å²) in [6.07, 6.45) is 1.79. The summed E-state index contributed by atoms with van der Waals surface area (Å²) in [6.45, 7) is 5.95. The predicted octanol–water partition coefficient (Wildman–Crippen LogP) is 2.03. The first-order chi connectivity index (χ1) is 9.08. The molecule has 0 atom stereocenters. The Hall–Kier alpha value is -1.84. The van der Waals surface area contributed by atoms with Crippen LogP contribution in [0.25, 0.3) is 0 Å². The van der Waals surface area contributed by atoms with Crippen molar-refractivity contribution in [3.05, 3.63) is 35.4 Å². The fraction of sp³-hybridized carbons (Fsp3) is 0.467. The molecule has 0 spiro atoms. The number of benzene rings is 1. The Morgan fingerprint density at radius 2 is 1.79 bits per heavy atom. The molecular weight excluding hydrogens is 240 g/mol. The third-order valence-electron chi connectivity index (χ3n) is 3.15. The van der Waals surface area contributed by atoms with Gasteiger partial charge in [0.15, 0.2) is 0 Å². The number of hydrogen-bond donors (Lipinski definition) is 2. The highest BCUT2D eigenvalue weighted by atomic mass is 16.2. The van der Waals surface area contributed by atoms with E-state index in [9.17, 15) is 9.59 Å². The van der Waals surface area contributed by atoms with Gasteiger partial charge in [0.05, 0.1) is 6.54 Å². The predicted molar refractivity (Wildman–Crippen MR) is 76.0 cm³/mol. The van der Waals surface area contributed by atoms with E-state index in [-0.39, 0.29) is 24.4 Å². The molecule has 0 aliphatic rings. The van der Waals surface area contributed by atoms with Crippen molar-refractivity contribution in [2.24, 2.45) is 0 Å². The Bertz CT molecular complexity index is 440. The smallest absolute Gasteiger partial charge is 0.251 e. The first-order valence-corrected chi connectivity index (χ1v) is 6.71. The Labute approximate surface area is 114 Å². The van der Waals surface area contributed by atoms with E-state index in [1.54, 1.807) is 6.07 Å². The third-order valence-corrected chi connectivity index (χ3v) is 3.15. The molecule has 4 nitrogen and oxygen atoms in total. The molecule has 19 heavy (non-hydrogen) atoms. The lowest BCUT2D eigenvalue weighted by atomic mass is 10.1. The van der Waals surface area contributed by atoms with E-state index in [1.165, 1.54) is 0 Å². The molecule has 104 valence electrons. The molecule has 0 saturated heterocycles. The zero-order valence-corrected chi connectivity index (χ0v) is 11.8. The molecule has 0 heterocycles. The van der Waals surface area contributed by atoms with Gasteiger partial charge in [0, 0.05) is 11.6 Å². The highest BCUT2D eigenvalue weighted by Gasteiger charge is 2.11. The average Bonchev–Trinajstić information content (AvgIpc) is 2.42. The summed E-state index contributed by atoms with van der Waals surface area (Å²) in [5.41, 5.74) is 1.51. The summed E-state index contributed by atoms with van der Waals surface area (Å²) in [5, 5.41) is 5.53. The van der Waals surface area contributed by atoms with E-state index in [1.807, 2.05) is 39.0 Å². The lowest BCUT2D eigenvalue weighted by Crippen LogP contribution is -2.41. The molecule has 0 bridgehead atoms. The second-order valence-electron chi connectivity index (χ2n) is 4.58. The minimum Gasteiger partial charge on any atom is -0.352 e. The van der Waals surface area contributed by atoms with E-state index >= 15 is 0 Å². The summed E-state index contributed by atoms with van der Waals surface area (Å²) in [5.74, 6) is -0.353. The van der Waals surface area contributed by atoms with E-state index < -0.39 is 0 Å². The SMILES string of the molecule is CCC(CC)NC(=O)CNC(=O)c1ccccc1C. The molecule has 0 aliphatic heterocycles. The molecule has 2 N–H and O–H groups in total. The molecule has 0 aliphatic carbocycles. The van der Waals surface area contributed by atoms with Gasteiger partial charge in [-0.25, -0.2) is 0 Å². The number of nitrogens with one attached hydrogen (secondary N) is 2. The fourth-order valence-electron chi connectivity index (χ4n) is 1.85. The second kappa shape index (κ2) is 7.56. The Kier molecular flexibility index (Phi) is 6.06. The van der Waals surface area contributed by atoms with Crippen LogP contribution in [0.2, 0.25) is 0 Å². The van der Waals surface area contributed by atoms with Crippen molar-refractivity contribution in [1.82, 2.24) is 10.6 Å². The minimum atomic E-state index is -0.210. The topological polar surface area (TPSA) is 58.2 Å². The van der Waals surface area contributed by atoms with Gasteiger partial charge in [-0.05, 0) is 31.4 Å². The standard InChI is InChI=1S/C15H22N2O2/c1-4-12(5-2)17-14(18)10-16-15(19)13-9-7-6-8-11(13)3/h6-9,12H,4-5,10H2,1-3H3,(H,16,19)(H,17,18). The van der Waals surface area contributed by atoms with E-state index in [2.05, 4.69) is 10.6 Å². The van der Waals surface area contributed by atoms with Crippen LogP contribution in [0.5, 0.6) is 0 Å². The van der Waals surface area contributed by atoms with Crippen LogP contribution < -0.4 is 10.6 Å². The normalized spacial score (nSPS) is 10.3. The van der Waals surface area contributed by atoms with Crippen molar-refractivity contribution in [1.29, 1.82) is 0 Å². The molecule has 2 amide bonds. The van der Waals surface area contributed by atoms with Gasteiger partial charge in [0.25, 0.3) is 5.91 Å². The molecule has 0 radical (unpaired) electrons. The third kappa shape index (κ3) is 4.73. The lowest BCUT2D eigenvalue weighted by molar-refractivity contribution is -0.120. The van der Waals surface area contributed by atoms with Crippen LogP contribution in [0.15, 0.2) is 24.3 Å². The van der Waals surface area contributed by atoms with Crippen LogP contribution in [0.1, 0.15) is 42.6 Å². The van der Waals surface area contributed by atoms with E-state index in [4.69, 9.17) is 0 Å². The summed E-state index contributed by atoms with van der Waals surface area (Å²) in [7, 11) is 0. The highest BCUT2D eigenvalue weighted by molar-refractivity contribution is 5.97. The summed E-state index contributed by atoms with van der Waals surface area (Å²) >= 11 is 0. The van der Waals surface area contributed by atoms with Crippen LogP contribution in [0, 0.1) is 6.92 Å². The van der Waals surface area contributed by atoms with Crippen molar-refractivity contribution in [2.75, 3.05) is 6.54 Å². The molecule has 4 heteroatoms. The largest absolute Gasteiger partial charge is 0.352 e. The molecule has 1 aromatic carbocycles. The molecule has 1 rings (SSSR count).